The van der Waals surface area contributed by atoms with Crippen LogP contribution in [0.1, 0.15) is 45.4 Å². The minimum absolute atomic E-state index is 0.00946. The molecule has 2 unspecified atom stereocenters. The average Bonchev–Trinajstić information content (AvgIpc) is 3.30. The number of nitrogens with one attached hydrogen (secondary N) is 1. The minimum atomic E-state index is -0.746. The summed E-state index contributed by atoms with van der Waals surface area (Å²) in [7, 11) is 0. The summed E-state index contributed by atoms with van der Waals surface area (Å²) < 4.78 is 5.53. The molecule has 4 aliphatic heterocycles. The number of carbonyl (C=O) groups is 3. The van der Waals surface area contributed by atoms with Crippen molar-refractivity contribution in [2.75, 3.05) is 39.3 Å². The summed E-state index contributed by atoms with van der Waals surface area (Å²) in [5, 5.41) is 2.99. The van der Waals surface area contributed by atoms with E-state index in [1.54, 1.807) is 4.90 Å². The second kappa shape index (κ2) is 7.39. The molecule has 0 saturated carbocycles. The first kappa shape index (κ1) is 18.7. The molecule has 1 N–H and O–H groups in total. The van der Waals surface area contributed by atoms with Crippen molar-refractivity contribution in [2.45, 2.75) is 63.1 Å². The van der Waals surface area contributed by atoms with E-state index in [2.05, 4.69) is 17.1 Å². The zero-order valence-electron chi connectivity index (χ0n) is 16.1. The highest BCUT2D eigenvalue weighted by molar-refractivity contribution is 6.07. The van der Waals surface area contributed by atoms with Crippen molar-refractivity contribution in [2.24, 2.45) is 0 Å². The Morgan fingerprint density at radius 3 is 2.63 bits per heavy atom. The molecule has 4 aliphatic rings. The molecule has 4 heterocycles. The molecular weight excluding hydrogens is 348 g/mol. The van der Waals surface area contributed by atoms with Crippen molar-refractivity contribution in [1.29, 1.82) is 0 Å². The average molecular weight is 378 g/mol. The van der Waals surface area contributed by atoms with Crippen LogP contribution >= 0.6 is 0 Å². The van der Waals surface area contributed by atoms with Gasteiger partial charge in [0.2, 0.25) is 0 Å². The van der Waals surface area contributed by atoms with Gasteiger partial charge in [0.05, 0.1) is 6.04 Å². The van der Waals surface area contributed by atoms with Crippen LogP contribution < -0.4 is 5.32 Å². The van der Waals surface area contributed by atoms with Crippen LogP contribution in [0.2, 0.25) is 0 Å². The normalized spacial score (nSPS) is 31.6. The van der Waals surface area contributed by atoms with Gasteiger partial charge in [0.1, 0.15) is 11.6 Å². The van der Waals surface area contributed by atoms with Crippen molar-refractivity contribution in [3.8, 4) is 0 Å². The van der Waals surface area contributed by atoms with E-state index in [9.17, 15) is 14.4 Å². The topological polar surface area (TPSA) is 82.2 Å². The maximum absolute atomic E-state index is 13.2. The highest BCUT2D eigenvalue weighted by Gasteiger charge is 2.54. The van der Waals surface area contributed by atoms with Gasteiger partial charge < -0.3 is 19.9 Å². The maximum Gasteiger partial charge on any atom is 0.325 e. The Bertz CT molecular complexity index is 611. The summed E-state index contributed by atoms with van der Waals surface area (Å²) in [6.45, 7) is 6.46. The zero-order chi connectivity index (χ0) is 19.0. The predicted molar refractivity (Wildman–Crippen MR) is 98.0 cm³/mol. The molecule has 4 amide bonds. The van der Waals surface area contributed by atoms with Crippen LogP contribution in [-0.4, -0.2) is 89.6 Å². The Hall–Kier alpha value is -1.67. The Kier molecular flexibility index (Phi) is 5.11. The summed E-state index contributed by atoms with van der Waals surface area (Å²) in [5.41, 5.74) is -0.746. The molecule has 4 saturated heterocycles. The van der Waals surface area contributed by atoms with Gasteiger partial charge in [0.15, 0.2) is 0 Å². The van der Waals surface area contributed by atoms with Gasteiger partial charge in [0, 0.05) is 32.8 Å². The molecule has 8 heteroatoms. The summed E-state index contributed by atoms with van der Waals surface area (Å²) in [6.07, 6.45) is 4.21. The van der Waals surface area contributed by atoms with Gasteiger partial charge in [-0.25, -0.2) is 4.79 Å². The molecule has 0 aliphatic carbocycles. The van der Waals surface area contributed by atoms with Gasteiger partial charge in [-0.2, -0.15) is 0 Å². The van der Waals surface area contributed by atoms with Crippen LogP contribution in [0, 0.1) is 0 Å². The molecular formula is C19H30N4O4. The number of hydrogen-bond donors (Lipinski definition) is 1. The molecule has 0 radical (unpaired) electrons. The minimum Gasteiger partial charge on any atom is -0.368 e. The monoisotopic (exact) mass is 378 g/mol. The number of amides is 4. The fraction of sp³-hybridized carbons (Fsp3) is 0.842. The van der Waals surface area contributed by atoms with Crippen LogP contribution in [0.25, 0.3) is 0 Å². The van der Waals surface area contributed by atoms with Crippen LogP contribution in [-0.2, 0) is 14.3 Å². The van der Waals surface area contributed by atoms with Gasteiger partial charge in [0.25, 0.3) is 11.8 Å². The Labute approximate surface area is 160 Å². The Morgan fingerprint density at radius 1 is 1.19 bits per heavy atom. The lowest BCUT2D eigenvalue weighted by Gasteiger charge is -2.39. The smallest absolute Gasteiger partial charge is 0.325 e. The number of imide groups is 1. The molecule has 1 spiro atoms. The number of carbonyl (C=O) groups excluding carboxylic acids is 3. The first-order chi connectivity index (χ1) is 13.0. The van der Waals surface area contributed by atoms with Crippen molar-refractivity contribution in [3.05, 3.63) is 0 Å². The largest absolute Gasteiger partial charge is 0.368 e. The number of hydrogen-bond acceptors (Lipinski definition) is 5. The fourth-order valence-electron chi connectivity index (χ4n) is 4.90. The number of rotatable bonds is 3. The van der Waals surface area contributed by atoms with Crippen LogP contribution in [0.5, 0.6) is 0 Å². The number of nitrogens with zero attached hydrogens (tertiary/aromatic N) is 3. The summed E-state index contributed by atoms with van der Waals surface area (Å²) in [5.74, 6) is -0.0881. The summed E-state index contributed by atoms with van der Waals surface area (Å²) in [6, 6.07) is -0.526. The standard InChI is InChI=1S/C19H30N4O4/c1-2-21-10-7-19(8-11-21)17(25)23(18(26)20-19)14-5-3-9-22(13-14)16(24)15-6-4-12-27-15/h14-15H,2-13H2,1H3,(H,20,26). The van der Waals surface area contributed by atoms with Gasteiger partial charge in [-0.1, -0.05) is 6.92 Å². The lowest BCUT2D eigenvalue weighted by molar-refractivity contribution is -0.145. The highest BCUT2D eigenvalue weighted by atomic mass is 16.5. The number of piperidine rings is 2. The van der Waals surface area contributed by atoms with Crippen molar-refractivity contribution < 1.29 is 19.1 Å². The van der Waals surface area contributed by atoms with E-state index in [0.29, 0.717) is 32.5 Å². The number of likely N-dealkylation sites (tertiary alicyclic amines) is 2. The summed E-state index contributed by atoms with van der Waals surface area (Å²) >= 11 is 0. The first-order valence-corrected chi connectivity index (χ1v) is 10.3. The summed E-state index contributed by atoms with van der Waals surface area (Å²) in [4.78, 5) is 44.1. The number of urea groups is 1. The van der Waals surface area contributed by atoms with E-state index in [0.717, 1.165) is 45.3 Å². The van der Waals surface area contributed by atoms with Crippen LogP contribution in [0.3, 0.4) is 0 Å². The SMILES string of the molecule is CCN1CCC2(CC1)NC(=O)N(C1CCCN(C(=O)C3CCCO3)C1)C2=O. The Balaban J connectivity index is 1.44. The third kappa shape index (κ3) is 3.33. The van der Waals surface area contributed by atoms with Crippen molar-refractivity contribution in [3.63, 3.8) is 0 Å². The van der Waals surface area contributed by atoms with Crippen molar-refractivity contribution in [1.82, 2.24) is 20.0 Å². The molecule has 0 aromatic rings. The third-order valence-corrected chi connectivity index (χ3v) is 6.63. The second-order valence-electron chi connectivity index (χ2n) is 8.20. The lowest BCUT2D eigenvalue weighted by atomic mass is 9.87. The Morgan fingerprint density at radius 2 is 1.96 bits per heavy atom. The van der Waals surface area contributed by atoms with Gasteiger partial charge in [-0.3, -0.25) is 14.5 Å². The van der Waals surface area contributed by atoms with E-state index in [1.807, 2.05) is 0 Å². The highest BCUT2D eigenvalue weighted by Crippen LogP contribution is 2.32. The van der Waals surface area contributed by atoms with E-state index >= 15 is 0 Å². The second-order valence-corrected chi connectivity index (χ2v) is 8.20. The molecule has 150 valence electrons. The van der Waals surface area contributed by atoms with Gasteiger partial charge >= 0.3 is 6.03 Å². The van der Waals surface area contributed by atoms with Crippen LogP contribution in [0.4, 0.5) is 4.79 Å². The molecule has 2 atom stereocenters. The van der Waals surface area contributed by atoms with E-state index in [-0.39, 0.29) is 30.0 Å². The number of ether oxygens (including phenoxy) is 1. The molecule has 4 rings (SSSR count). The maximum atomic E-state index is 13.2. The quantitative estimate of drug-likeness (QED) is 0.726. The first-order valence-electron chi connectivity index (χ1n) is 10.3. The predicted octanol–water partition coefficient (Wildman–Crippen LogP) is 0.563. The van der Waals surface area contributed by atoms with Crippen LogP contribution in [0.15, 0.2) is 0 Å². The third-order valence-electron chi connectivity index (χ3n) is 6.63. The van der Waals surface area contributed by atoms with Gasteiger partial charge in [-0.15, -0.1) is 0 Å². The molecule has 27 heavy (non-hydrogen) atoms. The van der Waals surface area contributed by atoms with Gasteiger partial charge in [-0.05, 0) is 45.1 Å². The van der Waals surface area contributed by atoms with E-state index < -0.39 is 5.54 Å². The fourth-order valence-corrected chi connectivity index (χ4v) is 4.90. The van der Waals surface area contributed by atoms with E-state index in [1.165, 1.54) is 4.90 Å². The molecule has 0 aromatic carbocycles. The lowest BCUT2D eigenvalue weighted by Crippen LogP contribution is -2.56. The van der Waals surface area contributed by atoms with E-state index in [4.69, 9.17) is 4.74 Å². The molecule has 8 nitrogen and oxygen atoms in total. The molecule has 4 fully saturated rings. The molecule has 0 bridgehead atoms. The molecule has 0 aromatic heterocycles. The van der Waals surface area contributed by atoms with Crippen molar-refractivity contribution >= 4 is 17.8 Å². The zero-order valence-corrected chi connectivity index (χ0v) is 16.1.